The van der Waals surface area contributed by atoms with Crippen molar-refractivity contribution in [1.29, 1.82) is 0 Å². The smallest absolute Gasteiger partial charge is 0.352 e. The highest BCUT2D eigenvalue weighted by molar-refractivity contribution is 9.10. The first-order valence-corrected chi connectivity index (χ1v) is 16.2. The Balaban J connectivity index is 1.75. The molecule has 0 aromatic heterocycles. The molecule has 1 saturated carbocycles. The zero-order valence-corrected chi connectivity index (χ0v) is 26.3. The summed E-state index contributed by atoms with van der Waals surface area (Å²) in [7, 11) is -4.58. The lowest BCUT2D eigenvalue weighted by molar-refractivity contribution is -0.139. The maximum atomic E-state index is 14.0. The van der Waals surface area contributed by atoms with Gasteiger partial charge < -0.3 is 10.2 Å². The highest BCUT2D eigenvalue weighted by Crippen LogP contribution is 2.37. The number of carbonyl (C=O) groups is 2. The maximum absolute atomic E-state index is 14.0. The molecule has 4 rings (SSSR count). The largest absolute Gasteiger partial charge is 0.416 e. The van der Waals surface area contributed by atoms with E-state index in [2.05, 4.69) is 21.2 Å². The average Bonchev–Trinajstić information content (AvgIpc) is 3.48. The molecule has 1 atom stereocenters. The molecule has 230 valence electrons. The van der Waals surface area contributed by atoms with Gasteiger partial charge in [-0.15, -0.1) is 0 Å². The zero-order valence-electron chi connectivity index (χ0n) is 23.2. The summed E-state index contributed by atoms with van der Waals surface area (Å²) in [6, 6.07) is 15.3. The van der Waals surface area contributed by atoms with Crippen molar-refractivity contribution in [3.8, 4) is 0 Å². The number of nitrogens with zero attached hydrogens (tertiary/aromatic N) is 2. The second-order valence-electron chi connectivity index (χ2n) is 10.3. The van der Waals surface area contributed by atoms with Gasteiger partial charge in [0.05, 0.1) is 21.2 Å². The van der Waals surface area contributed by atoms with Crippen LogP contribution in [-0.4, -0.2) is 43.8 Å². The van der Waals surface area contributed by atoms with Crippen LogP contribution >= 0.6 is 27.5 Å². The molecule has 0 heterocycles. The highest BCUT2D eigenvalue weighted by Gasteiger charge is 2.36. The summed E-state index contributed by atoms with van der Waals surface area (Å²) < 4.78 is 70.1. The van der Waals surface area contributed by atoms with Gasteiger partial charge in [-0.1, -0.05) is 70.7 Å². The van der Waals surface area contributed by atoms with Crippen LogP contribution in [-0.2, 0) is 32.3 Å². The number of sulfonamides is 1. The number of rotatable bonds is 10. The molecule has 0 spiro atoms. The molecule has 0 saturated heterocycles. The SMILES string of the molecule is C[C@H](C(=O)NC1CCCC1)N(Cc1ccc(Br)cc1)C(=O)CN(c1cc(C(F)(F)F)ccc1Cl)S(=O)(=O)c1ccccc1. The lowest BCUT2D eigenvalue weighted by atomic mass is 10.1. The third-order valence-corrected chi connectivity index (χ3v) is 9.91. The van der Waals surface area contributed by atoms with Gasteiger partial charge in [-0.05, 0) is 67.8 Å². The Bertz CT molecular complexity index is 1550. The summed E-state index contributed by atoms with van der Waals surface area (Å²) in [5.74, 6) is -1.21. The van der Waals surface area contributed by atoms with E-state index in [9.17, 15) is 31.2 Å². The Morgan fingerprint density at radius 3 is 2.26 bits per heavy atom. The predicted molar refractivity (Wildman–Crippen MR) is 162 cm³/mol. The number of carbonyl (C=O) groups excluding carboxylic acids is 2. The number of anilines is 1. The lowest BCUT2D eigenvalue weighted by Crippen LogP contribution is -2.52. The average molecular weight is 701 g/mol. The topological polar surface area (TPSA) is 86.8 Å². The molecular formula is C30H30BrClF3N3O4S. The lowest BCUT2D eigenvalue weighted by Gasteiger charge is -2.33. The van der Waals surface area contributed by atoms with Crippen molar-refractivity contribution in [1.82, 2.24) is 10.2 Å². The van der Waals surface area contributed by atoms with E-state index in [4.69, 9.17) is 11.6 Å². The first-order chi connectivity index (χ1) is 20.3. The molecule has 7 nitrogen and oxygen atoms in total. The van der Waals surface area contributed by atoms with E-state index >= 15 is 0 Å². The predicted octanol–water partition coefficient (Wildman–Crippen LogP) is 6.79. The molecule has 43 heavy (non-hydrogen) atoms. The highest BCUT2D eigenvalue weighted by atomic mass is 79.9. The van der Waals surface area contributed by atoms with Crippen molar-refractivity contribution in [3.63, 3.8) is 0 Å². The fourth-order valence-electron chi connectivity index (χ4n) is 4.87. The van der Waals surface area contributed by atoms with Crippen molar-refractivity contribution in [2.75, 3.05) is 10.8 Å². The van der Waals surface area contributed by atoms with E-state index < -0.39 is 51.9 Å². The van der Waals surface area contributed by atoms with Crippen LogP contribution in [0, 0.1) is 0 Å². The van der Waals surface area contributed by atoms with E-state index in [0.29, 0.717) is 15.9 Å². The monoisotopic (exact) mass is 699 g/mol. The molecular weight excluding hydrogens is 671 g/mol. The molecule has 1 aliphatic rings. The normalized spacial score (nSPS) is 14.7. The van der Waals surface area contributed by atoms with Gasteiger partial charge in [-0.2, -0.15) is 13.2 Å². The summed E-state index contributed by atoms with van der Waals surface area (Å²) in [6.07, 6.45) is -1.21. The van der Waals surface area contributed by atoms with Crippen LogP contribution < -0.4 is 9.62 Å². The maximum Gasteiger partial charge on any atom is 0.416 e. The number of amides is 2. The summed E-state index contributed by atoms with van der Waals surface area (Å²) >= 11 is 9.64. The summed E-state index contributed by atoms with van der Waals surface area (Å²) in [4.78, 5) is 28.3. The minimum atomic E-state index is -4.80. The van der Waals surface area contributed by atoms with Crippen LogP contribution in [0.4, 0.5) is 18.9 Å². The first kappa shape index (κ1) is 32.8. The third kappa shape index (κ3) is 8.10. The number of benzene rings is 3. The second kappa shape index (κ2) is 13.7. The fraction of sp³-hybridized carbons (Fsp3) is 0.333. The van der Waals surface area contributed by atoms with Gasteiger partial charge in [0.25, 0.3) is 10.0 Å². The standard InChI is InChI=1S/C30H30BrClF3N3O4S/c1-20(29(40)36-24-7-5-6-8-24)37(18-21-11-14-23(31)15-12-21)28(39)19-38(43(41,42)25-9-3-2-4-10-25)27-17-22(30(33,34)35)13-16-26(27)32/h2-4,9-17,20,24H,5-8,18-19H2,1H3,(H,36,40)/t20-/m1/s1. The van der Waals surface area contributed by atoms with E-state index in [0.717, 1.165) is 42.3 Å². The van der Waals surface area contributed by atoms with Crippen molar-refractivity contribution >= 4 is 55.1 Å². The van der Waals surface area contributed by atoms with E-state index in [1.165, 1.54) is 36.1 Å². The molecule has 0 aliphatic heterocycles. The second-order valence-corrected chi connectivity index (χ2v) is 13.5. The van der Waals surface area contributed by atoms with Gasteiger partial charge in [-0.25, -0.2) is 8.42 Å². The molecule has 0 bridgehead atoms. The van der Waals surface area contributed by atoms with E-state index in [1.807, 2.05) is 0 Å². The Morgan fingerprint density at radius 2 is 1.65 bits per heavy atom. The molecule has 1 N–H and O–H groups in total. The van der Waals surface area contributed by atoms with E-state index in [1.54, 1.807) is 30.3 Å². The van der Waals surface area contributed by atoms with Crippen LogP contribution in [0.2, 0.25) is 5.02 Å². The Morgan fingerprint density at radius 1 is 1.02 bits per heavy atom. The number of hydrogen-bond acceptors (Lipinski definition) is 4. The van der Waals surface area contributed by atoms with Gasteiger partial charge in [0.1, 0.15) is 12.6 Å². The van der Waals surface area contributed by atoms with Crippen molar-refractivity contribution in [3.05, 3.63) is 93.4 Å². The number of hydrogen-bond donors (Lipinski definition) is 1. The Labute approximate surface area is 262 Å². The van der Waals surface area contributed by atoms with Gasteiger partial charge in [0.2, 0.25) is 11.8 Å². The zero-order chi connectivity index (χ0) is 31.4. The molecule has 0 unspecified atom stereocenters. The minimum Gasteiger partial charge on any atom is -0.352 e. The molecule has 3 aromatic rings. The van der Waals surface area contributed by atoms with Gasteiger partial charge in [0.15, 0.2) is 0 Å². The minimum absolute atomic E-state index is 0.0292. The molecule has 3 aromatic carbocycles. The van der Waals surface area contributed by atoms with Gasteiger partial charge >= 0.3 is 6.18 Å². The third-order valence-electron chi connectivity index (χ3n) is 7.29. The van der Waals surface area contributed by atoms with Crippen molar-refractivity contribution in [2.45, 2.75) is 62.3 Å². The molecule has 13 heteroatoms. The number of alkyl halides is 3. The quantitative estimate of drug-likeness (QED) is 0.252. The van der Waals surface area contributed by atoms with Crippen LogP contribution in [0.25, 0.3) is 0 Å². The van der Waals surface area contributed by atoms with Crippen LogP contribution in [0.15, 0.2) is 82.2 Å². The molecule has 1 fully saturated rings. The molecule has 1 aliphatic carbocycles. The Kier molecular flexibility index (Phi) is 10.4. The van der Waals surface area contributed by atoms with Crippen LogP contribution in [0.3, 0.4) is 0 Å². The first-order valence-electron chi connectivity index (χ1n) is 13.6. The van der Waals surface area contributed by atoms with Gasteiger partial charge in [-0.3, -0.25) is 13.9 Å². The summed E-state index contributed by atoms with van der Waals surface area (Å²) in [6.45, 7) is 0.574. The molecule has 0 radical (unpaired) electrons. The number of halogens is 5. The van der Waals surface area contributed by atoms with Crippen molar-refractivity contribution in [2.24, 2.45) is 0 Å². The van der Waals surface area contributed by atoms with Crippen LogP contribution in [0.1, 0.15) is 43.7 Å². The summed E-state index contributed by atoms with van der Waals surface area (Å²) in [5, 5.41) is 2.67. The summed E-state index contributed by atoms with van der Waals surface area (Å²) in [5.41, 5.74) is -0.990. The number of nitrogens with one attached hydrogen (secondary N) is 1. The van der Waals surface area contributed by atoms with E-state index in [-0.39, 0.29) is 22.5 Å². The Hall–Kier alpha value is -3.09. The van der Waals surface area contributed by atoms with Gasteiger partial charge in [0, 0.05) is 17.1 Å². The van der Waals surface area contributed by atoms with Crippen molar-refractivity contribution < 1.29 is 31.2 Å². The fourth-order valence-corrected chi connectivity index (χ4v) is 6.85. The van der Waals surface area contributed by atoms with Crippen LogP contribution in [0.5, 0.6) is 0 Å². The molecule has 2 amide bonds.